The molecular formula is C14H27NO2S. The smallest absolute Gasteiger partial charge is 0.308 e. The fourth-order valence-corrected chi connectivity index (χ4v) is 3.31. The monoisotopic (exact) mass is 273 g/mol. The van der Waals surface area contributed by atoms with Gasteiger partial charge in [0.2, 0.25) is 0 Å². The number of nitrogens with one attached hydrogen (secondary N) is 1. The molecule has 0 aromatic carbocycles. The minimum absolute atomic E-state index is 0.00658. The van der Waals surface area contributed by atoms with Crippen LogP contribution in [0.15, 0.2) is 0 Å². The molecule has 1 saturated carbocycles. The quantitative estimate of drug-likeness (QED) is 0.724. The van der Waals surface area contributed by atoms with Crippen molar-refractivity contribution in [2.24, 2.45) is 5.92 Å². The molecule has 4 heteroatoms. The first-order valence-corrected chi connectivity index (χ1v) is 8.52. The van der Waals surface area contributed by atoms with E-state index in [0.717, 1.165) is 25.7 Å². The van der Waals surface area contributed by atoms with Gasteiger partial charge in [-0.15, -0.1) is 0 Å². The van der Waals surface area contributed by atoms with Crippen molar-refractivity contribution in [3.8, 4) is 0 Å². The Morgan fingerprint density at radius 1 is 1.33 bits per heavy atom. The molecule has 18 heavy (non-hydrogen) atoms. The molecule has 0 saturated heterocycles. The van der Waals surface area contributed by atoms with E-state index in [1.165, 1.54) is 12.2 Å². The van der Waals surface area contributed by atoms with Gasteiger partial charge in [-0.05, 0) is 45.3 Å². The van der Waals surface area contributed by atoms with Crippen LogP contribution in [0.25, 0.3) is 0 Å². The van der Waals surface area contributed by atoms with E-state index in [2.05, 4.69) is 18.5 Å². The molecule has 0 bridgehead atoms. The minimum atomic E-state index is 0.00658. The molecule has 1 fully saturated rings. The van der Waals surface area contributed by atoms with E-state index in [1.54, 1.807) is 0 Å². The molecule has 1 atom stereocenters. The second-order valence-electron chi connectivity index (χ2n) is 5.03. The standard InChI is InChI=1S/C14H27NO2S/c1-4-12(10-18-3)15-13-8-6-11(7-9-13)14(16)17-5-2/h11-13,15H,4-10H2,1-3H3. The molecule has 1 unspecified atom stereocenters. The third kappa shape index (κ3) is 5.19. The van der Waals surface area contributed by atoms with E-state index in [-0.39, 0.29) is 11.9 Å². The first-order valence-electron chi connectivity index (χ1n) is 7.12. The summed E-state index contributed by atoms with van der Waals surface area (Å²) in [6, 6.07) is 1.21. The molecule has 1 rings (SSSR count). The van der Waals surface area contributed by atoms with E-state index < -0.39 is 0 Å². The van der Waals surface area contributed by atoms with E-state index in [0.29, 0.717) is 18.7 Å². The second-order valence-corrected chi connectivity index (χ2v) is 5.94. The van der Waals surface area contributed by atoms with Crippen LogP contribution in [0.2, 0.25) is 0 Å². The maximum atomic E-state index is 11.6. The van der Waals surface area contributed by atoms with Crippen LogP contribution in [0.1, 0.15) is 46.0 Å². The molecule has 0 amide bonds. The van der Waals surface area contributed by atoms with Gasteiger partial charge >= 0.3 is 5.97 Å². The molecule has 1 N–H and O–H groups in total. The zero-order valence-electron chi connectivity index (χ0n) is 11.9. The largest absolute Gasteiger partial charge is 0.466 e. The molecule has 0 spiro atoms. The fourth-order valence-electron chi connectivity index (χ4n) is 2.57. The molecule has 1 aliphatic rings. The highest BCUT2D eigenvalue weighted by Crippen LogP contribution is 2.26. The lowest BCUT2D eigenvalue weighted by atomic mass is 9.85. The molecule has 0 heterocycles. The van der Waals surface area contributed by atoms with Gasteiger partial charge in [-0.2, -0.15) is 11.8 Å². The Bertz CT molecular complexity index is 240. The van der Waals surface area contributed by atoms with Gasteiger partial charge in [-0.1, -0.05) is 6.92 Å². The summed E-state index contributed by atoms with van der Waals surface area (Å²) in [5, 5.41) is 3.73. The third-order valence-corrected chi connectivity index (χ3v) is 4.41. The molecule has 0 aromatic rings. The molecular weight excluding hydrogens is 246 g/mol. The van der Waals surface area contributed by atoms with Crippen molar-refractivity contribution in [2.45, 2.75) is 58.0 Å². The maximum absolute atomic E-state index is 11.6. The van der Waals surface area contributed by atoms with Crippen molar-refractivity contribution in [2.75, 3.05) is 18.6 Å². The van der Waals surface area contributed by atoms with Crippen LogP contribution in [-0.4, -0.2) is 36.7 Å². The number of ether oxygens (including phenoxy) is 1. The Hall–Kier alpha value is -0.220. The molecule has 3 nitrogen and oxygen atoms in total. The van der Waals surface area contributed by atoms with Gasteiger partial charge in [0.05, 0.1) is 12.5 Å². The highest BCUT2D eigenvalue weighted by Gasteiger charge is 2.27. The zero-order valence-corrected chi connectivity index (χ0v) is 12.7. The van der Waals surface area contributed by atoms with Crippen molar-refractivity contribution in [1.29, 1.82) is 0 Å². The Balaban J connectivity index is 2.28. The number of rotatable bonds is 7. The number of hydrogen-bond acceptors (Lipinski definition) is 4. The summed E-state index contributed by atoms with van der Waals surface area (Å²) in [7, 11) is 0. The average molecular weight is 273 g/mol. The number of carbonyl (C=O) groups excluding carboxylic acids is 1. The third-order valence-electron chi connectivity index (χ3n) is 3.68. The van der Waals surface area contributed by atoms with E-state index in [4.69, 9.17) is 4.74 Å². The summed E-state index contributed by atoms with van der Waals surface area (Å²) < 4.78 is 5.09. The summed E-state index contributed by atoms with van der Waals surface area (Å²) in [4.78, 5) is 11.6. The highest BCUT2D eigenvalue weighted by molar-refractivity contribution is 7.98. The maximum Gasteiger partial charge on any atom is 0.308 e. The van der Waals surface area contributed by atoms with Crippen LogP contribution in [-0.2, 0) is 9.53 Å². The summed E-state index contributed by atoms with van der Waals surface area (Å²) in [6.07, 6.45) is 7.50. The summed E-state index contributed by atoms with van der Waals surface area (Å²) >= 11 is 1.90. The summed E-state index contributed by atoms with van der Waals surface area (Å²) in [5.41, 5.74) is 0. The van der Waals surface area contributed by atoms with Gasteiger partial charge in [0.1, 0.15) is 0 Å². The van der Waals surface area contributed by atoms with Gasteiger partial charge in [0.25, 0.3) is 0 Å². The lowest BCUT2D eigenvalue weighted by Crippen LogP contribution is -2.42. The topological polar surface area (TPSA) is 38.3 Å². The SMILES string of the molecule is CCOC(=O)C1CCC(NC(CC)CSC)CC1. The molecule has 0 radical (unpaired) electrons. The number of carbonyl (C=O) groups is 1. The molecule has 106 valence electrons. The van der Waals surface area contributed by atoms with Crippen molar-refractivity contribution in [1.82, 2.24) is 5.32 Å². The van der Waals surface area contributed by atoms with Gasteiger partial charge in [0.15, 0.2) is 0 Å². The fraction of sp³-hybridized carbons (Fsp3) is 0.929. The Kier molecular flexibility index (Phi) is 7.75. The lowest BCUT2D eigenvalue weighted by Gasteiger charge is -2.31. The second kappa shape index (κ2) is 8.81. The van der Waals surface area contributed by atoms with Crippen LogP contribution in [0.5, 0.6) is 0 Å². The van der Waals surface area contributed by atoms with Crippen molar-refractivity contribution in [3.63, 3.8) is 0 Å². The van der Waals surface area contributed by atoms with Crippen LogP contribution >= 0.6 is 11.8 Å². The van der Waals surface area contributed by atoms with Crippen molar-refractivity contribution < 1.29 is 9.53 Å². The number of esters is 1. The van der Waals surface area contributed by atoms with Gasteiger partial charge in [-0.25, -0.2) is 0 Å². The highest BCUT2D eigenvalue weighted by atomic mass is 32.2. The Labute approximate surface area is 115 Å². The molecule has 1 aliphatic carbocycles. The molecule has 0 aliphatic heterocycles. The van der Waals surface area contributed by atoms with Gasteiger partial charge in [-0.3, -0.25) is 4.79 Å². The number of thioether (sulfide) groups is 1. The van der Waals surface area contributed by atoms with Crippen molar-refractivity contribution >= 4 is 17.7 Å². The van der Waals surface area contributed by atoms with Crippen LogP contribution in [0.4, 0.5) is 0 Å². The summed E-state index contributed by atoms with van der Waals surface area (Å²) in [6.45, 7) is 4.61. The predicted molar refractivity (Wildman–Crippen MR) is 78.0 cm³/mol. The van der Waals surface area contributed by atoms with Crippen LogP contribution in [0.3, 0.4) is 0 Å². The normalized spacial score (nSPS) is 25.7. The zero-order chi connectivity index (χ0) is 13.4. The Morgan fingerprint density at radius 2 is 2.00 bits per heavy atom. The lowest BCUT2D eigenvalue weighted by molar-refractivity contribution is -0.149. The molecule has 0 aromatic heterocycles. The predicted octanol–water partition coefficient (Wildman–Crippen LogP) is 2.84. The number of hydrogen-bond donors (Lipinski definition) is 1. The van der Waals surface area contributed by atoms with Crippen molar-refractivity contribution in [3.05, 3.63) is 0 Å². The summed E-state index contributed by atoms with van der Waals surface area (Å²) in [5.74, 6) is 1.32. The van der Waals surface area contributed by atoms with E-state index >= 15 is 0 Å². The van der Waals surface area contributed by atoms with E-state index in [9.17, 15) is 4.79 Å². The minimum Gasteiger partial charge on any atom is -0.466 e. The first-order chi connectivity index (χ1) is 8.71. The first kappa shape index (κ1) is 15.8. The Morgan fingerprint density at radius 3 is 2.50 bits per heavy atom. The average Bonchev–Trinajstić information content (AvgIpc) is 2.39. The van der Waals surface area contributed by atoms with Gasteiger partial charge < -0.3 is 10.1 Å². The van der Waals surface area contributed by atoms with Crippen LogP contribution < -0.4 is 5.32 Å². The van der Waals surface area contributed by atoms with Gasteiger partial charge in [0, 0.05) is 17.8 Å². The van der Waals surface area contributed by atoms with Crippen LogP contribution in [0, 0.1) is 5.92 Å². The van der Waals surface area contributed by atoms with E-state index in [1.807, 2.05) is 18.7 Å².